The third kappa shape index (κ3) is 4.63. The lowest BCUT2D eigenvalue weighted by molar-refractivity contribution is 0.0332. The van der Waals surface area contributed by atoms with Crippen LogP contribution < -0.4 is 5.32 Å². The second-order valence-corrected chi connectivity index (χ2v) is 6.66. The van der Waals surface area contributed by atoms with Crippen LogP contribution in [-0.2, 0) is 4.74 Å². The van der Waals surface area contributed by atoms with Crippen molar-refractivity contribution in [2.75, 3.05) is 32.8 Å². The number of nitrogens with one attached hydrogen (secondary N) is 1. The number of morpholine rings is 1. The summed E-state index contributed by atoms with van der Waals surface area (Å²) in [4.78, 5) is 19.0. The van der Waals surface area contributed by atoms with E-state index < -0.39 is 0 Å². The largest absolute Gasteiger partial charge is 0.379 e. The van der Waals surface area contributed by atoms with Gasteiger partial charge in [-0.05, 0) is 27.6 Å². The van der Waals surface area contributed by atoms with Crippen molar-refractivity contribution in [1.29, 1.82) is 0 Å². The molecule has 1 aliphatic rings. The number of hydrogen-bond donors (Lipinski definition) is 1. The average molecular weight is 390 g/mol. The minimum Gasteiger partial charge on any atom is -0.379 e. The molecule has 1 fully saturated rings. The molecule has 2 heterocycles. The number of rotatable bonds is 5. The summed E-state index contributed by atoms with van der Waals surface area (Å²) in [6.45, 7) is 4.02. The number of aromatic nitrogens is 1. The molecular formula is C18H20BrN3O2. The van der Waals surface area contributed by atoms with Crippen molar-refractivity contribution in [2.45, 2.75) is 6.04 Å². The van der Waals surface area contributed by atoms with E-state index in [9.17, 15) is 4.79 Å². The monoisotopic (exact) mass is 389 g/mol. The normalized spacial score (nSPS) is 16.5. The molecule has 0 aliphatic carbocycles. The molecule has 0 unspecified atom stereocenters. The predicted molar refractivity (Wildman–Crippen MR) is 95.8 cm³/mol. The molecule has 1 saturated heterocycles. The average Bonchev–Trinajstić information content (AvgIpc) is 2.63. The third-order valence-electron chi connectivity index (χ3n) is 4.02. The fourth-order valence-electron chi connectivity index (χ4n) is 2.74. The highest BCUT2D eigenvalue weighted by Crippen LogP contribution is 2.17. The van der Waals surface area contributed by atoms with Gasteiger partial charge in [0, 0.05) is 36.5 Å². The van der Waals surface area contributed by atoms with Crippen LogP contribution in [0.2, 0.25) is 0 Å². The fraction of sp³-hybridized carbons (Fsp3) is 0.333. The van der Waals surface area contributed by atoms with Gasteiger partial charge in [0.1, 0.15) is 0 Å². The zero-order chi connectivity index (χ0) is 16.8. The summed E-state index contributed by atoms with van der Waals surface area (Å²) < 4.78 is 6.20. The summed E-state index contributed by atoms with van der Waals surface area (Å²) in [6, 6.07) is 11.8. The zero-order valence-corrected chi connectivity index (χ0v) is 14.9. The molecule has 6 heteroatoms. The first-order chi connectivity index (χ1) is 11.7. The van der Waals surface area contributed by atoms with Crippen molar-refractivity contribution in [3.63, 3.8) is 0 Å². The number of ether oxygens (including phenoxy) is 1. The highest BCUT2D eigenvalue weighted by Gasteiger charge is 2.20. The Balaban J connectivity index is 1.75. The maximum Gasteiger partial charge on any atom is 0.253 e. The molecule has 3 rings (SSSR count). The van der Waals surface area contributed by atoms with E-state index in [-0.39, 0.29) is 11.9 Å². The van der Waals surface area contributed by atoms with Gasteiger partial charge in [-0.25, -0.2) is 0 Å². The molecular weight excluding hydrogens is 370 g/mol. The second-order valence-electron chi connectivity index (χ2n) is 5.74. The third-order valence-corrected chi connectivity index (χ3v) is 4.45. The Labute approximate surface area is 150 Å². The first-order valence-corrected chi connectivity index (χ1v) is 8.78. The van der Waals surface area contributed by atoms with Crippen LogP contribution in [0.25, 0.3) is 0 Å². The molecule has 0 bridgehead atoms. The van der Waals surface area contributed by atoms with Gasteiger partial charge >= 0.3 is 0 Å². The molecule has 2 aromatic rings. The number of benzene rings is 1. The van der Waals surface area contributed by atoms with E-state index in [1.165, 1.54) is 0 Å². The molecule has 0 radical (unpaired) electrons. The molecule has 0 saturated carbocycles. The summed E-state index contributed by atoms with van der Waals surface area (Å²) in [7, 11) is 0. The lowest BCUT2D eigenvalue weighted by atomic mass is 10.1. The SMILES string of the molecule is O=C(N[C@@H](CN1CCOCC1)c1ccccc1)c1cncc(Br)c1. The molecule has 1 aromatic carbocycles. The maximum atomic E-state index is 12.6. The Morgan fingerprint density at radius 2 is 2.00 bits per heavy atom. The Bertz CT molecular complexity index is 675. The van der Waals surface area contributed by atoms with E-state index in [1.54, 1.807) is 18.5 Å². The van der Waals surface area contributed by atoms with Crippen molar-refractivity contribution in [2.24, 2.45) is 0 Å². The zero-order valence-electron chi connectivity index (χ0n) is 13.3. The van der Waals surface area contributed by atoms with Crippen molar-refractivity contribution < 1.29 is 9.53 Å². The van der Waals surface area contributed by atoms with E-state index in [2.05, 4.69) is 31.1 Å². The van der Waals surface area contributed by atoms with Crippen LogP contribution in [0, 0.1) is 0 Å². The van der Waals surface area contributed by atoms with E-state index in [0.717, 1.165) is 42.9 Å². The van der Waals surface area contributed by atoms with E-state index >= 15 is 0 Å². The van der Waals surface area contributed by atoms with Crippen LogP contribution in [0.1, 0.15) is 22.0 Å². The van der Waals surface area contributed by atoms with Crippen molar-refractivity contribution >= 4 is 21.8 Å². The van der Waals surface area contributed by atoms with Crippen LogP contribution in [0.4, 0.5) is 0 Å². The number of amides is 1. The van der Waals surface area contributed by atoms with Crippen LogP contribution in [0.3, 0.4) is 0 Å². The van der Waals surface area contributed by atoms with Crippen LogP contribution in [0.5, 0.6) is 0 Å². The number of hydrogen-bond acceptors (Lipinski definition) is 4. The summed E-state index contributed by atoms with van der Waals surface area (Å²) in [5, 5.41) is 3.14. The van der Waals surface area contributed by atoms with E-state index in [4.69, 9.17) is 4.74 Å². The number of halogens is 1. The molecule has 5 nitrogen and oxygen atoms in total. The van der Waals surface area contributed by atoms with Crippen LogP contribution in [0.15, 0.2) is 53.3 Å². The number of carbonyl (C=O) groups excluding carboxylic acids is 1. The molecule has 1 atom stereocenters. The van der Waals surface area contributed by atoms with E-state index in [0.29, 0.717) is 5.56 Å². The Hall–Kier alpha value is -1.76. The summed E-state index contributed by atoms with van der Waals surface area (Å²) in [5.74, 6) is -0.120. The van der Waals surface area contributed by atoms with Gasteiger partial charge in [0.15, 0.2) is 0 Å². The van der Waals surface area contributed by atoms with Crippen molar-refractivity contribution in [3.05, 3.63) is 64.4 Å². The topological polar surface area (TPSA) is 54.5 Å². The summed E-state index contributed by atoms with van der Waals surface area (Å²) in [6.07, 6.45) is 3.25. The standard InChI is InChI=1S/C18H20BrN3O2/c19-16-10-15(11-20-12-16)18(23)21-17(14-4-2-1-3-5-14)13-22-6-8-24-9-7-22/h1-5,10-12,17H,6-9,13H2,(H,21,23)/t17-/m0/s1. The molecule has 126 valence electrons. The van der Waals surface area contributed by atoms with Gasteiger partial charge in [-0.1, -0.05) is 30.3 Å². The molecule has 1 aromatic heterocycles. The number of nitrogens with zero attached hydrogens (tertiary/aromatic N) is 2. The molecule has 1 aliphatic heterocycles. The Morgan fingerprint density at radius 3 is 2.71 bits per heavy atom. The molecule has 1 amide bonds. The number of pyridine rings is 1. The van der Waals surface area contributed by atoms with Gasteiger partial charge in [-0.2, -0.15) is 0 Å². The van der Waals surface area contributed by atoms with E-state index in [1.807, 2.05) is 30.3 Å². The second kappa shape index (κ2) is 8.37. The molecule has 24 heavy (non-hydrogen) atoms. The minimum atomic E-state index is -0.120. The lowest BCUT2D eigenvalue weighted by Crippen LogP contribution is -2.43. The highest BCUT2D eigenvalue weighted by molar-refractivity contribution is 9.10. The first kappa shape index (κ1) is 17.1. The molecule has 1 N–H and O–H groups in total. The quantitative estimate of drug-likeness (QED) is 0.853. The van der Waals surface area contributed by atoms with Gasteiger partial charge < -0.3 is 10.1 Å². The fourth-order valence-corrected chi connectivity index (χ4v) is 3.10. The minimum absolute atomic E-state index is 0.0734. The summed E-state index contributed by atoms with van der Waals surface area (Å²) >= 11 is 3.36. The van der Waals surface area contributed by atoms with Gasteiger partial charge in [0.2, 0.25) is 0 Å². The van der Waals surface area contributed by atoms with Gasteiger partial charge in [0.05, 0.1) is 24.8 Å². The first-order valence-electron chi connectivity index (χ1n) is 7.99. The van der Waals surface area contributed by atoms with Crippen molar-refractivity contribution in [3.8, 4) is 0 Å². The van der Waals surface area contributed by atoms with Gasteiger partial charge in [-0.3, -0.25) is 14.7 Å². The highest BCUT2D eigenvalue weighted by atomic mass is 79.9. The predicted octanol–water partition coefficient (Wildman–Crippen LogP) is 2.65. The Morgan fingerprint density at radius 1 is 1.25 bits per heavy atom. The smallest absolute Gasteiger partial charge is 0.253 e. The molecule has 0 spiro atoms. The van der Waals surface area contributed by atoms with Gasteiger partial charge in [0.25, 0.3) is 5.91 Å². The van der Waals surface area contributed by atoms with Crippen molar-refractivity contribution in [1.82, 2.24) is 15.2 Å². The number of carbonyl (C=O) groups is 1. The van der Waals surface area contributed by atoms with Gasteiger partial charge in [-0.15, -0.1) is 0 Å². The lowest BCUT2D eigenvalue weighted by Gasteiger charge is -2.31. The van der Waals surface area contributed by atoms with Crippen LogP contribution >= 0.6 is 15.9 Å². The maximum absolute atomic E-state index is 12.6. The summed E-state index contributed by atoms with van der Waals surface area (Å²) in [5.41, 5.74) is 1.65. The van der Waals surface area contributed by atoms with Crippen LogP contribution in [-0.4, -0.2) is 48.6 Å². The Kier molecular flexibility index (Phi) is 5.96.